The second-order valence-corrected chi connectivity index (χ2v) is 2.24. The van der Waals surface area contributed by atoms with Gasteiger partial charge in [-0.05, 0) is 12.8 Å². The molecule has 2 nitrogen and oxygen atoms in total. The summed E-state index contributed by atoms with van der Waals surface area (Å²) >= 11 is 0. The molecule has 0 aliphatic rings. The third-order valence-electron chi connectivity index (χ3n) is 1.34. The molecule has 0 aromatic rings. The lowest BCUT2D eigenvalue weighted by Crippen LogP contribution is -2.27. The molecular formula is C6H15FN2. The van der Waals surface area contributed by atoms with Crippen molar-refractivity contribution < 1.29 is 4.39 Å². The smallest absolute Gasteiger partial charge is 0.114 e. The monoisotopic (exact) mass is 134 g/mol. The van der Waals surface area contributed by atoms with Crippen LogP contribution in [0.15, 0.2) is 0 Å². The van der Waals surface area contributed by atoms with Crippen LogP contribution in [-0.4, -0.2) is 18.8 Å². The first-order valence-electron chi connectivity index (χ1n) is 3.30. The fourth-order valence-corrected chi connectivity index (χ4v) is 0.591. The Morgan fingerprint density at radius 3 is 2.44 bits per heavy atom. The van der Waals surface area contributed by atoms with E-state index in [0.29, 0.717) is 6.42 Å². The summed E-state index contributed by atoms with van der Waals surface area (Å²) in [6, 6.07) is -0.0245. The first kappa shape index (κ1) is 8.85. The van der Waals surface area contributed by atoms with Crippen molar-refractivity contribution in [3.05, 3.63) is 0 Å². The Bertz CT molecular complexity index is 60.1. The Hall–Kier alpha value is -0.150. The van der Waals surface area contributed by atoms with Crippen LogP contribution < -0.4 is 11.5 Å². The number of nitrogens with two attached hydrogens (primary N) is 2. The van der Waals surface area contributed by atoms with Crippen LogP contribution in [-0.2, 0) is 0 Å². The van der Waals surface area contributed by atoms with Crippen molar-refractivity contribution in [1.82, 2.24) is 0 Å². The average molecular weight is 134 g/mol. The quantitative estimate of drug-likeness (QED) is 0.585. The molecule has 0 amide bonds. The van der Waals surface area contributed by atoms with Gasteiger partial charge in [-0.2, -0.15) is 0 Å². The minimum absolute atomic E-state index is 0.0245. The van der Waals surface area contributed by atoms with Crippen LogP contribution in [0.5, 0.6) is 0 Å². The van der Waals surface area contributed by atoms with E-state index in [-0.39, 0.29) is 12.6 Å². The maximum absolute atomic E-state index is 12.4. The Labute approximate surface area is 55.4 Å². The topological polar surface area (TPSA) is 52.0 Å². The highest BCUT2D eigenvalue weighted by molar-refractivity contribution is 4.65. The maximum atomic E-state index is 12.4. The number of alkyl halides is 1. The molecule has 0 spiro atoms. The van der Waals surface area contributed by atoms with E-state index in [2.05, 4.69) is 0 Å². The fourth-order valence-electron chi connectivity index (χ4n) is 0.591. The third-order valence-corrected chi connectivity index (χ3v) is 1.34. The van der Waals surface area contributed by atoms with Crippen LogP contribution in [0.2, 0.25) is 0 Å². The maximum Gasteiger partial charge on any atom is 0.114 e. The van der Waals surface area contributed by atoms with Gasteiger partial charge in [0, 0.05) is 12.6 Å². The molecule has 0 saturated carbocycles. The average Bonchev–Trinajstić information content (AvgIpc) is 1.87. The molecule has 0 fully saturated rings. The lowest BCUT2D eigenvalue weighted by molar-refractivity contribution is 0.300. The van der Waals surface area contributed by atoms with Gasteiger partial charge >= 0.3 is 0 Å². The number of rotatable bonds is 4. The van der Waals surface area contributed by atoms with E-state index in [0.717, 1.165) is 6.42 Å². The van der Waals surface area contributed by atoms with Crippen LogP contribution in [0.3, 0.4) is 0 Å². The second kappa shape index (κ2) is 4.70. The van der Waals surface area contributed by atoms with Crippen molar-refractivity contribution in [2.24, 2.45) is 11.5 Å². The second-order valence-electron chi connectivity index (χ2n) is 2.24. The molecule has 0 unspecified atom stereocenters. The zero-order valence-corrected chi connectivity index (χ0v) is 5.81. The minimum atomic E-state index is -0.917. The lowest BCUT2D eigenvalue weighted by Gasteiger charge is -2.09. The van der Waals surface area contributed by atoms with Crippen LogP contribution in [0.1, 0.15) is 19.8 Å². The van der Waals surface area contributed by atoms with Crippen LogP contribution in [0.25, 0.3) is 0 Å². The normalized spacial score (nSPS) is 17.3. The zero-order chi connectivity index (χ0) is 7.28. The predicted octanol–water partition coefficient (Wildman–Crippen LogP) is 0.411. The van der Waals surface area contributed by atoms with Crippen molar-refractivity contribution >= 4 is 0 Å². The van der Waals surface area contributed by atoms with Crippen molar-refractivity contribution in [3.63, 3.8) is 0 Å². The van der Waals surface area contributed by atoms with Gasteiger partial charge in [-0.25, -0.2) is 4.39 Å². The summed E-state index contributed by atoms with van der Waals surface area (Å²) in [6.45, 7) is 2.03. The van der Waals surface area contributed by atoms with Crippen LogP contribution in [0.4, 0.5) is 4.39 Å². The predicted molar refractivity (Wildman–Crippen MR) is 36.8 cm³/mol. The summed E-state index contributed by atoms with van der Waals surface area (Å²) in [4.78, 5) is 0. The van der Waals surface area contributed by atoms with Crippen LogP contribution in [0, 0.1) is 0 Å². The Morgan fingerprint density at radius 1 is 1.56 bits per heavy atom. The summed E-state index contributed by atoms with van der Waals surface area (Å²) in [6.07, 6.45) is 0.299. The standard InChI is InChI=1S/C6H15FN2/c1-2-6(9)3-5(7)4-8/h5-6H,2-4,8-9H2,1H3/t5-,6+/m0/s1. The van der Waals surface area contributed by atoms with Gasteiger partial charge in [0.1, 0.15) is 6.17 Å². The molecule has 3 heteroatoms. The molecule has 0 radical (unpaired) electrons. The van der Waals surface area contributed by atoms with Gasteiger partial charge in [0.25, 0.3) is 0 Å². The summed E-state index contributed by atoms with van der Waals surface area (Å²) in [5.41, 5.74) is 10.5. The molecule has 9 heavy (non-hydrogen) atoms. The number of halogens is 1. The van der Waals surface area contributed by atoms with Gasteiger partial charge in [-0.15, -0.1) is 0 Å². The van der Waals surface area contributed by atoms with Gasteiger partial charge in [-0.3, -0.25) is 0 Å². The molecule has 0 rings (SSSR count). The summed E-state index contributed by atoms with van der Waals surface area (Å²) in [5, 5.41) is 0. The molecule has 0 heterocycles. The van der Waals surface area contributed by atoms with Gasteiger partial charge < -0.3 is 11.5 Å². The molecule has 0 aliphatic carbocycles. The first-order valence-corrected chi connectivity index (χ1v) is 3.30. The van der Waals surface area contributed by atoms with Gasteiger partial charge in [0.05, 0.1) is 0 Å². The third kappa shape index (κ3) is 4.36. The highest BCUT2D eigenvalue weighted by Crippen LogP contribution is 2.01. The molecular weight excluding hydrogens is 119 g/mol. The van der Waals surface area contributed by atoms with Crippen molar-refractivity contribution in [2.45, 2.75) is 32.0 Å². The van der Waals surface area contributed by atoms with E-state index in [1.807, 2.05) is 6.92 Å². The largest absolute Gasteiger partial charge is 0.328 e. The van der Waals surface area contributed by atoms with E-state index in [9.17, 15) is 4.39 Å². The molecule has 0 aromatic heterocycles. The number of hydrogen-bond donors (Lipinski definition) is 2. The van der Waals surface area contributed by atoms with Crippen molar-refractivity contribution in [2.75, 3.05) is 6.54 Å². The van der Waals surface area contributed by atoms with Gasteiger partial charge in [0.2, 0.25) is 0 Å². The Kier molecular flexibility index (Phi) is 4.62. The van der Waals surface area contributed by atoms with E-state index in [4.69, 9.17) is 11.5 Å². The summed E-state index contributed by atoms with van der Waals surface area (Å²) < 4.78 is 12.4. The van der Waals surface area contributed by atoms with E-state index in [1.54, 1.807) is 0 Å². The Morgan fingerprint density at radius 2 is 2.11 bits per heavy atom. The summed E-state index contributed by atoms with van der Waals surface area (Å²) in [5.74, 6) is 0. The van der Waals surface area contributed by atoms with Gasteiger partial charge in [-0.1, -0.05) is 6.92 Å². The molecule has 0 bridgehead atoms. The molecule has 0 aromatic carbocycles. The highest BCUT2D eigenvalue weighted by Gasteiger charge is 2.07. The van der Waals surface area contributed by atoms with E-state index >= 15 is 0 Å². The van der Waals surface area contributed by atoms with Gasteiger partial charge in [0.15, 0.2) is 0 Å². The van der Waals surface area contributed by atoms with E-state index in [1.165, 1.54) is 0 Å². The number of hydrogen-bond acceptors (Lipinski definition) is 2. The molecule has 56 valence electrons. The molecule has 0 aliphatic heterocycles. The zero-order valence-electron chi connectivity index (χ0n) is 5.81. The van der Waals surface area contributed by atoms with Crippen molar-refractivity contribution in [3.8, 4) is 0 Å². The van der Waals surface area contributed by atoms with Crippen LogP contribution >= 0.6 is 0 Å². The van der Waals surface area contributed by atoms with Crippen molar-refractivity contribution in [1.29, 1.82) is 0 Å². The molecule has 2 atom stereocenters. The first-order chi connectivity index (χ1) is 4.20. The highest BCUT2D eigenvalue weighted by atomic mass is 19.1. The minimum Gasteiger partial charge on any atom is -0.328 e. The van der Waals surface area contributed by atoms with E-state index < -0.39 is 6.17 Å². The SMILES string of the molecule is CC[C@@H](N)C[C@H](F)CN. The molecule has 4 N–H and O–H groups in total. The summed E-state index contributed by atoms with van der Waals surface area (Å²) in [7, 11) is 0. The Balaban J connectivity index is 3.22. The lowest BCUT2D eigenvalue weighted by atomic mass is 10.1. The fraction of sp³-hybridized carbons (Fsp3) is 1.00. The molecule has 0 saturated heterocycles.